The molecule has 0 saturated heterocycles. The number of carbonyl (C=O) groups is 1. The number of pyridine rings is 1. The molecule has 3 N–H and O–H groups in total. The van der Waals surface area contributed by atoms with Crippen molar-refractivity contribution in [3.05, 3.63) is 57.8 Å². The van der Waals surface area contributed by atoms with Crippen LogP contribution in [-0.2, 0) is 5.54 Å². The van der Waals surface area contributed by atoms with E-state index in [0.717, 1.165) is 11.1 Å². The van der Waals surface area contributed by atoms with Crippen LogP contribution >= 0.6 is 22.9 Å². The van der Waals surface area contributed by atoms with Crippen LogP contribution in [0, 0.1) is 0 Å². The smallest absolute Gasteiger partial charge is 0.258 e. The first kappa shape index (κ1) is 17.3. The van der Waals surface area contributed by atoms with Crippen molar-refractivity contribution in [1.82, 2.24) is 15.0 Å². The molecule has 0 atom stereocenters. The number of anilines is 1. The van der Waals surface area contributed by atoms with Gasteiger partial charge in [0.1, 0.15) is 0 Å². The molecule has 0 saturated carbocycles. The first-order valence-electron chi connectivity index (χ1n) is 7.47. The second-order valence-corrected chi connectivity index (χ2v) is 7.26. The van der Waals surface area contributed by atoms with Crippen LogP contribution in [0.1, 0.15) is 29.2 Å². The maximum atomic E-state index is 11.2. The molecular weight excluding hydrogens is 358 g/mol. The van der Waals surface area contributed by atoms with Crippen LogP contribution in [0.15, 0.2) is 42.2 Å². The number of nitrogens with zero attached hydrogens (tertiary/aromatic N) is 3. The molecule has 8 heteroatoms. The minimum absolute atomic E-state index is 0.440. The van der Waals surface area contributed by atoms with Crippen molar-refractivity contribution in [2.45, 2.75) is 19.4 Å². The summed E-state index contributed by atoms with van der Waals surface area (Å²) in [5, 5.41) is 5.67. The van der Waals surface area contributed by atoms with E-state index < -0.39 is 11.4 Å². The SMILES string of the molecule is CC(C)(Nc1ncc(-c2csc(C(N)=O)c2)cn1)c1ncccc1Cl. The van der Waals surface area contributed by atoms with Gasteiger partial charge in [-0.25, -0.2) is 9.97 Å². The summed E-state index contributed by atoms with van der Waals surface area (Å²) in [5.74, 6) is 0.0188. The van der Waals surface area contributed by atoms with E-state index in [1.807, 2.05) is 19.2 Å². The highest BCUT2D eigenvalue weighted by molar-refractivity contribution is 7.12. The molecule has 3 aromatic heterocycles. The minimum Gasteiger partial charge on any atom is -0.365 e. The van der Waals surface area contributed by atoms with Crippen molar-refractivity contribution in [1.29, 1.82) is 0 Å². The minimum atomic E-state index is -0.540. The molecule has 0 aliphatic rings. The Bertz CT molecular complexity index is 907. The molecule has 0 radical (unpaired) electrons. The van der Waals surface area contributed by atoms with Crippen LogP contribution in [0.4, 0.5) is 5.95 Å². The van der Waals surface area contributed by atoms with Gasteiger partial charge in [0.15, 0.2) is 0 Å². The first-order chi connectivity index (χ1) is 11.9. The molecule has 0 spiro atoms. The molecule has 0 aliphatic carbocycles. The molecule has 3 heterocycles. The Kier molecular flexibility index (Phi) is 4.69. The van der Waals surface area contributed by atoms with Gasteiger partial charge in [0, 0.05) is 24.2 Å². The third-order valence-corrected chi connectivity index (χ3v) is 4.85. The fraction of sp³-hybridized carbons (Fsp3) is 0.176. The summed E-state index contributed by atoms with van der Waals surface area (Å²) in [6.45, 7) is 3.91. The van der Waals surface area contributed by atoms with Crippen molar-refractivity contribution in [2.75, 3.05) is 5.32 Å². The Balaban J connectivity index is 1.80. The molecule has 128 valence electrons. The van der Waals surface area contributed by atoms with E-state index in [4.69, 9.17) is 17.3 Å². The largest absolute Gasteiger partial charge is 0.365 e. The topological polar surface area (TPSA) is 93.8 Å². The van der Waals surface area contributed by atoms with Crippen LogP contribution in [0.3, 0.4) is 0 Å². The van der Waals surface area contributed by atoms with E-state index in [1.54, 1.807) is 36.8 Å². The highest BCUT2D eigenvalue weighted by atomic mass is 35.5. The summed E-state index contributed by atoms with van der Waals surface area (Å²) >= 11 is 7.53. The van der Waals surface area contributed by atoms with Gasteiger partial charge in [-0.2, -0.15) is 0 Å². The molecule has 0 bridgehead atoms. The van der Waals surface area contributed by atoms with E-state index in [-0.39, 0.29) is 0 Å². The molecule has 3 aromatic rings. The second-order valence-electron chi connectivity index (χ2n) is 5.94. The summed E-state index contributed by atoms with van der Waals surface area (Å²) in [4.78, 5) is 24.7. The Hall–Kier alpha value is -2.51. The number of hydrogen-bond acceptors (Lipinski definition) is 6. The highest BCUT2D eigenvalue weighted by Crippen LogP contribution is 2.29. The Labute approximate surface area is 154 Å². The number of nitrogens with two attached hydrogens (primary N) is 1. The van der Waals surface area contributed by atoms with Crippen molar-refractivity contribution in [2.24, 2.45) is 5.73 Å². The number of rotatable bonds is 5. The summed E-state index contributed by atoms with van der Waals surface area (Å²) in [6, 6.07) is 5.31. The van der Waals surface area contributed by atoms with Gasteiger partial charge in [-0.3, -0.25) is 9.78 Å². The van der Waals surface area contributed by atoms with Crippen molar-refractivity contribution in [3.63, 3.8) is 0 Å². The maximum Gasteiger partial charge on any atom is 0.258 e. The summed E-state index contributed by atoms with van der Waals surface area (Å²) in [7, 11) is 0. The van der Waals surface area contributed by atoms with Crippen molar-refractivity contribution >= 4 is 34.8 Å². The lowest BCUT2D eigenvalue weighted by molar-refractivity contribution is 0.100. The van der Waals surface area contributed by atoms with Crippen molar-refractivity contribution in [3.8, 4) is 11.1 Å². The third kappa shape index (κ3) is 3.78. The third-order valence-electron chi connectivity index (χ3n) is 3.60. The van der Waals surface area contributed by atoms with E-state index >= 15 is 0 Å². The number of halogens is 1. The summed E-state index contributed by atoms with van der Waals surface area (Å²) in [6.07, 6.45) is 5.08. The van der Waals surface area contributed by atoms with Gasteiger partial charge >= 0.3 is 0 Å². The lowest BCUT2D eigenvalue weighted by Gasteiger charge is -2.26. The van der Waals surface area contributed by atoms with E-state index in [1.165, 1.54) is 11.3 Å². The second kappa shape index (κ2) is 6.78. The lowest BCUT2D eigenvalue weighted by atomic mass is 10.00. The average Bonchev–Trinajstić information content (AvgIpc) is 3.06. The highest BCUT2D eigenvalue weighted by Gasteiger charge is 2.25. The molecule has 3 rings (SSSR count). The quantitative estimate of drug-likeness (QED) is 0.711. The van der Waals surface area contributed by atoms with Gasteiger partial charge in [-0.05, 0) is 43.0 Å². The zero-order chi connectivity index (χ0) is 18.0. The van der Waals surface area contributed by atoms with Crippen molar-refractivity contribution < 1.29 is 4.79 Å². The monoisotopic (exact) mass is 373 g/mol. The molecule has 0 aromatic carbocycles. The van der Waals surface area contributed by atoms with Crippen LogP contribution in [0.5, 0.6) is 0 Å². The Morgan fingerprint density at radius 2 is 1.96 bits per heavy atom. The predicted molar refractivity (Wildman–Crippen MR) is 99.8 cm³/mol. The fourth-order valence-electron chi connectivity index (χ4n) is 2.34. The summed E-state index contributed by atoms with van der Waals surface area (Å²) < 4.78 is 0. The molecule has 6 nitrogen and oxygen atoms in total. The van der Waals surface area contributed by atoms with Crippen LogP contribution in [0.25, 0.3) is 11.1 Å². The molecule has 0 aliphatic heterocycles. The van der Waals surface area contributed by atoms with E-state index in [9.17, 15) is 4.79 Å². The first-order valence-corrected chi connectivity index (χ1v) is 8.72. The van der Waals surface area contributed by atoms with Crippen LogP contribution < -0.4 is 11.1 Å². The number of amides is 1. The number of aromatic nitrogens is 3. The number of carbonyl (C=O) groups excluding carboxylic acids is 1. The molecule has 1 amide bonds. The Morgan fingerprint density at radius 3 is 2.56 bits per heavy atom. The van der Waals surface area contributed by atoms with E-state index in [0.29, 0.717) is 21.5 Å². The standard InChI is InChI=1S/C17H16ClN5OS/c1-17(2,14-12(18)4-3-5-20-14)23-16-21-7-11(8-22-16)10-6-13(15(19)24)25-9-10/h3-9H,1-2H3,(H2,19,24)(H,21,22,23). The van der Waals surface area contributed by atoms with Gasteiger partial charge < -0.3 is 11.1 Å². The zero-order valence-electron chi connectivity index (χ0n) is 13.7. The zero-order valence-corrected chi connectivity index (χ0v) is 15.2. The van der Waals surface area contributed by atoms with Gasteiger partial charge in [-0.15, -0.1) is 11.3 Å². The van der Waals surface area contributed by atoms with Crippen LogP contribution in [0.2, 0.25) is 5.02 Å². The predicted octanol–water partition coefficient (Wildman–Crippen LogP) is 3.70. The number of hydrogen-bond donors (Lipinski definition) is 2. The van der Waals surface area contributed by atoms with E-state index in [2.05, 4.69) is 20.3 Å². The molecule has 0 fully saturated rings. The van der Waals surface area contributed by atoms with Crippen LogP contribution in [-0.4, -0.2) is 20.9 Å². The number of nitrogens with one attached hydrogen (secondary N) is 1. The molecule has 0 unspecified atom stereocenters. The molecule has 25 heavy (non-hydrogen) atoms. The average molecular weight is 374 g/mol. The van der Waals surface area contributed by atoms with Gasteiger partial charge in [0.25, 0.3) is 5.91 Å². The molecular formula is C17H16ClN5OS. The number of thiophene rings is 1. The van der Waals surface area contributed by atoms with Gasteiger partial charge in [0.05, 0.1) is 21.1 Å². The normalized spacial score (nSPS) is 11.3. The lowest BCUT2D eigenvalue weighted by Crippen LogP contribution is -2.30. The maximum absolute atomic E-state index is 11.2. The van der Waals surface area contributed by atoms with Gasteiger partial charge in [-0.1, -0.05) is 11.6 Å². The number of primary amides is 1. The summed E-state index contributed by atoms with van der Waals surface area (Å²) in [5.41, 5.74) is 7.12. The Morgan fingerprint density at radius 1 is 1.24 bits per heavy atom. The van der Waals surface area contributed by atoms with Gasteiger partial charge in [0.2, 0.25) is 5.95 Å². The fourth-order valence-corrected chi connectivity index (χ4v) is 3.47.